The van der Waals surface area contributed by atoms with Crippen molar-refractivity contribution in [3.05, 3.63) is 69.3 Å². The van der Waals surface area contributed by atoms with E-state index in [0.717, 1.165) is 5.56 Å². The zero-order valence-electron chi connectivity index (χ0n) is 13.2. The van der Waals surface area contributed by atoms with Gasteiger partial charge in [-0.2, -0.15) is 0 Å². The van der Waals surface area contributed by atoms with Gasteiger partial charge < -0.3 is 10.1 Å². The molecule has 0 radical (unpaired) electrons. The average molecular weight is 328 g/mol. The molecule has 0 unspecified atom stereocenters. The third-order valence-corrected chi connectivity index (χ3v) is 3.27. The molecule has 7 heteroatoms. The predicted octanol–water partition coefficient (Wildman–Crippen LogP) is 3.01. The molecule has 0 fully saturated rings. The molecular weight excluding hydrogens is 312 g/mol. The number of amides is 1. The first-order chi connectivity index (χ1) is 11.4. The first kappa shape index (κ1) is 17.1. The molecule has 0 atom stereocenters. The molecular formula is C17H16N2O5. The Balaban J connectivity index is 1.94. The number of hydrogen-bond donors (Lipinski definition) is 1. The van der Waals surface area contributed by atoms with Crippen LogP contribution in [0.25, 0.3) is 0 Å². The monoisotopic (exact) mass is 328 g/mol. The lowest BCUT2D eigenvalue weighted by Gasteiger charge is -2.07. The normalized spacial score (nSPS) is 10.1. The fourth-order valence-electron chi connectivity index (χ4n) is 2.12. The highest BCUT2D eigenvalue weighted by atomic mass is 16.6. The maximum absolute atomic E-state index is 11.9. The second-order valence-electron chi connectivity index (χ2n) is 5.25. The van der Waals surface area contributed by atoms with E-state index in [1.165, 1.54) is 25.1 Å². The Morgan fingerprint density at radius 2 is 1.92 bits per heavy atom. The van der Waals surface area contributed by atoms with E-state index in [1.54, 1.807) is 18.2 Å². The number of nitro groups is 1. The fraction of sp³-hybridized carbons (Fsp3) is 0.176. The van der Waals surface area contributed by atoms with Crippen molar-refractivity contribution in [2.75, 3.05) is 11.9 Å². The van der Waals surface area contributed by atoms with E-state index in [4.69, 9.17) is 4.74 Å². The Morgan fingerprint density at radius 1 is 1.17 bits per heavy atom. The summed E-state index contributed by atoms with van der Waals surface area (Å²) in [5.41, 5.74) is 2.03. The summed E-state index contributed by atoms with van der Waals surface area (Å²) in [6, 6.07) is 11.1. The summed E-state index contributed by atoms with van der Waals surface area (Å²) in [4.78, 5) is 33.9. The molecule has 2 aromatic carbocycles. The Morgan fingerprint density at radius 3 is 2.54 bits per heavy atom. The van der Waals surface area contributed by atoms with Crippen LogP contribution in [0.3, 0.4) is 0 Å². The lowest BCUT2D eigenvalue weighted by atomic mass is 10.1. The highest BCUT2D eigenvalue weighted by molar-refractivity contribution is 5.95. The van der Waals surface area contributed by atoms with Gasteiger partial charge in [0, 0.05) is 17.3 Å². The van der Waals surface area contributed by atoms with Gasteiger partial charge in [-0.25, -0.2) is 4.79 Å². The quantitative estimate of drug-likeness (QED) is 0.517. The molecule has 2 aromatic rings. The van der Waals surface area contributed by atoms with Crippen molar-refractivity contribution in [2.45, 2.75) is 13.8 Å². The smallest absolute Gasteiger partial charge is 0.338 e. The lowest BCUT2D eigenvalue weighted by molar-refractivity contribution is -0.385. The molecule has 0 saturated carbocycles. The van der Waals surface area contributed by atoms with Gasteiger partial charge in [0.15, 0.2) is 6.61 Å². The highest BCUT2D eigenvalue weighted by Crippen LogP contribution is 2.19. The molecule has 124 valence electrons. The minimum atomic E-state index is -0.715. The topological polar surface area (TPSA) is 98.5 Å². The number of carbonyl (C=O) groups excluding carboxylic acids is 2. The summed E-state index contributed by atoms with van der Waals surface area (Å²) >= 11 is 0. The van der Waals surface area contributed by atoms with Crippen molar-refractivity contribution in [3.63, 3.8) is 0 Å². The van der Waals surface area contributed by atoms with E-state index in [0.29, 0.717) is 11.3 Å². The number of ether oxygens (including phenoxy) is 1. The molecule has 0 aliphatic carbocycles. The van der Waals surface area contributed by atoms with Gasteiger partial charge in [0.05, 0.1) is 10.5 Å². The first-order valence-electron chi connectivity index (χ1n) is 7.15. The molecule has 0 aliphatic heterocycles. The van der Waals surface area contributed by atoms with E-state index in [9.17, 15) is 19.7 Å². The Labute approximate surface area is 138 Å². The number of rotatable bonds is 5. The number of carbonyl (C=O) groups is 2. The molecule has 1 N–H and O–H groups in total. The van der Waals surface area contributed by atoms with Crippen molar-refractivity contribution >= 4 is 23.3 Å². The molecule has 0 saturated heterocycles. The zero-order valence-corrected chi connectivity index (χ0v) is 13.2. The van der Waals surface area contributed by atoms with Crippen LogP contribution in [-0.4, -0.2) is 23.4 Å². The number of nitrogens with one attached hydrogen (secondary N) is 1. The second-order valence-corrected chi connectivity index (χ2v) is 5.25. The Bertz CT molecular complexity index is 801. The maximum atomic E-state index is 11.9. The minimum Gasteiger partial charge on any atom is -0.452 e. The van der Waals surface area contributed by atoms with Gasteiger partial charge in [-0.15, -0.1) is 0 Å². The number of esters is 1. The molecule has 1 amide bonds. The molecule has 0 spiro atoms. The molecule has 0 heterocycles. The fourth-order valence-corrected chi connectivity index (χ4v) is 2.12. The predicted molar refractivity (Wildman–Crippen MR) is 87.9 cm³/mol. The van der Waals surface area contributed by atoms with Crippen molar-refractivity contribution in [1.29, 1.82) is 0 Å². The van der Waals surface area contributed by atoms with Crippen LogP contribution in [0.2, 0.25) is 0 Å². The summed E-state index contributed by atoms with van der Waals surface area (Å²) in [6.07, 6.45) is 0. The third kappa shape index (κ3) is 4.39. The average Bonchev–Trinajstić information content (AvgIpc) is 2.52. The number of nitro benzene ring substituents is 1. The first-order valence-corrected chi connectivity index (χ1v) is 7.15. The van der Waals surface area contributed by atoms with Crippen LogP contribution in [0.4, 0.5) is 11.4 Å². The highest BCUT2D eigenvalue weighted by Gasteiger charge is 2.15. The van der Waals surface area contributed by atoms with Gasteiger partial charge >= 0.3 is 5.97 Å². The maximum Gasteiger partial charge on any atom is 0.338 e. The van der Waals surface area contributed by atoms with Gasteiger partial charge in [0.1, 0.15) is 0 Å². The summed E-state index contributed by atoms with van der Waals surface area (Å²) in [5.74, 6) is -1.18. The van der Waals surface area contributed by atoms with Gasteiger partial charge in [0.25, 0.3) is 11.6 Å². The second kappa shape index (κ2) is 7.36. The third-order valence-electron chi connectivity index (χ3n) is 3.27. The summed E-state index contributed by atoms with van der Waals surface area (Å²) < 4.78 is 4.93. The molecule has 2 rings (SSSR count). The van der Waals surface area contributed by atoms with Crippen LogP contribution in [-0.2, 0) is 9.53 Å². The number of anilines is 1. The SMILES string of the molecule is Cc1cccc(NC(=O)COC(=O)c2ccc([N+](=O)[O-])c(C)c2)c1. The van der Waals surface area contributed by atoms with E-state index in [-0.39, 0.29) is 11.3 Å². The van der Waals surface area contributed by atoms with E-state index in [2.05, 4.69) is 5.32 Å². The summed E-state index contributed by atoms with van der Waals surface area (Å²) in [5, 5.41) is 13.4. The van der Waals surface area contributed by atoms with E-state index in [1.807, 2.05) is 13.0 Å². The Hall–Kier alpha value is -3.22. The number of nitrogens with zero attached hydrogens (tertiary/aromatic N) is 1. The van der Waals surface area contributed by atoms with Crippen LogP contribution in [0.1, 0.15) is 21.5 Å². The van der Waals surface area contributed by atoms with E-state index < -0.39 is 23.4 Å². The minimum absolute atomic E-state index is 0.0799. The van der Waals surface area contributed by atoms with Crippen molar-refractivity contribution < 1.29 is 19.2 Å². The zero-order chi connectivity index (χ0) is 17.7. The van der Waals surface area contributed by atoms with Gasteiger partial charge in [-0.1, -0.05) is 12.1 Å². The van der Waals surface area contributed by atoms with Crippen LogP contribution < -0.4 is 5.32 Å². The van der Waals surface area contributed by atoms with Crippen LogP contribution in [0.15, 0.2) is 42.5 Å². The van der Waals surface area contributed by atoms with Crippen LogP contribution >= 0.6 is 0 Å². The molecule has 0 bridgehead atoms. The van der Waals surface area contributed by atoms with Crippen molar-refractivity contribution in [3.8, 4) is 0 Å². The standard InChI is InChI=1S/C17H16N2O5/c1-11-4-3-5-14(8-11)18-16(20)10-24-17(21)13-6-7-15(19(22)23)12(2)9-13/h3-9H,10H2,1-2H3,(H,18,20). The summed E-state index contributed by atoms with van der Waals surface area (Å²) in [7, 11) is 0. The van der Waals surface area contributed by atoms with Gasteiger partial charge in [-0.3, -0.25) is 14.9 Å². The van der Waals surface area contributed by atoms with Crippen LogP contribution in [0.5, 0.6) is 0 Å². The van der Waals surface area contributed by atoms with Gasteiger partial charge in [0.2, 0.25) is 0 Å². The molecule has 0 aromatic heterocycles. The molecule has 7 nitrogen and oxygen atoms in total. The number of hydrogen-bond acceptors (Lipinski definition) is 5. The van der Waals surface area contributed by atoms with Crippen molar-refractivity contribution in [1.82, 2.24) is 0 Å². The van der Waals surface area contributed by atoms with Crippen molar-refractivity contribution in [2.24, 2.45) is 0 Å². The lowest BCUT2D eigenvalue weighted by Crippen LogP contribution is -2.21. The number of aryl methyl sites for hydroxylation is 2. The largest absolute Gasteiger partial charge is 0.452 e. The summed E-state index contributed by atoms with van der Waals surface area (Å²) in [6.45, 7) is 2.98. The molecule has 24 heavy (non-hydrogen) atoms. The molecule has 0 aliphatic rings. The Kier molecular flexibility index (Phi) is 5.26. The van der Waals surface area contributed by atoms with E-state index >= 15 is 0 Å². The van der Waals surface area contributed by atoms with Crippen LogP contribution in [0, 0.1) is 24.0 Å². The number of benzene rings is 2. The van der Waals surface area contributed by atoms with Gasteiger partial charge in [-0.05, 0) is 43.7 Å².